The zero-order valence-electron chi connectivity index (χ0n) is 9.25. The minimum absolute atomic E-state index is 0.0908. The highest BCUT2D eigenvalue weighted by Crippen LogP contribution is 2.18. The molecule has 1 saturated heterocycles. The Bertz CT molecular complexity index is 163. The fourth-order valence-corrected chi connectivity index (χ4v) is 2.92. The van der Waals surface area contributed by atoms with E-state index in [2.05, 4.69) is 34.7 Å². The molecule has 2 atom stereocenters. The molecule has 0 saturated carbocycles. The number of hydrogen-bond acceptors (Lipinski definition) is 2. The maximum absolute atomic E-state index is 9.55. The van der Waals surface area contributed by atoms with Crippen LogP contribution in [0.5, 0.6) is 0 Å². The highest BCUT2D eigenvalue weighted by atomic mass is 79.9. The minimum atomic E-state index is -0.0908. The molecule has 84 valence electrons. The lowest BCUT2D eigenvalue weighted by Gasteiger charge is -2.33. The highest BCUT2D eigenvalue weighted by molar-refractivity contribution is 9.09. The first kappa shape index (κ1) is 12.5. The van der Waals surface area contributed by atoms with Crippen LogP contribution in [0.25, 0.3) is 0 Å². The summed E-state index contributed by atoms with van der Waals surface area (Å²) in [6.07, 6.45) is 2.04. The Morgan fingerprint density at radius 3 is 2.71 bits per heavy atom. The zero-order chi connectivity index (χ0) is 10.6. The Kier molecular flexibility index (Phi) is 5.42. The monoisotopic (exact) mass is 263 g/mol. The third-order valence-electron chi connectivity index (χ3n) is 3.11. The Hall–Kier alpha value is 0.400. The summed E-state index contributed by atoms with van der Waals surface area (Å²) in [7, 11) is 0. The number of likely N-dealkylation sites (tertiary alicyclic amines) is 1. The standard InChI is InChI=1S/C11H22BrNO/c1-9(2)10(6-12)7-13-5-3-4-11(14)8-13/h9-11,14H,3-8H2,1-2H3. The summed E-state index contributed by atoms with van der Waals surface area (Å²) in [4.78, 5) is 2.40. The minimum Gasteiger partial charge on any atom is -0.392 e. The van der Waals surface area contributed by atoms with Crippen molar-refractivity contribution in [2.45, 2.75) is 32.8 Å². The number of alkyl halides is 1. The molecule has 0 bridgehead atoms. The Labute approximate surface area is 95.8 Å². The second-order valence-electron chi connectivity index (χ2n) is 4.71. The number of rotatable bonds is 4. The molecule has 0 radical (unpaired) electrons. The molecule has 1 rings (SSSR count). The SMILES string of the molecule is CC(C)C(CBr)CN1CCCC(O)C1. The van der Waals surface area contributed by atoms with Crippen molar-refractivity contribution < 1.29 is 5.11 Å². The summed E-state index contributed by atoms with van der Waals surface area (Å²) < 4.78 is 0. The summed E-state index contributed by atoms with van der Waals surface area (Å²) in [5.41, 5.74) is 0. The van der Waals surface area contributed by atoms with E-state index in [0.717, 1.165) is 37.8 Å². The molecule has 14 heavy (non-hydrogen) atoms. The molecule has 0 aromatic heterocycles. The zero-order valence-corrected chi connectivity index (χ0v) is 10.8. The molecule has 2 unspecified atom stereocenters. The van der Waals surface area contributed by atoms with Crippen LogP contribution in [0.1, 0.15) is 26.7 Å². The Balaban J connectivity index is 2.33. The first-order chi connectivity index (χ1) is 6.63. The van der Waals surface area contributed by atoms with E-state index in [-0.39, 0.29) is 6.10 Å². The van der Waals surface area contributed by atoms with Gasteiger partial charge in [-0.05, 0) is 31.2 Å². The third-order valence-corrected chi connectivity index (χ3v) is 3.95. The largest absolute Gasteiger partial charge is 0.392 e. The van der Waals surface area contributed by atoms with Gasteiger partial charge in [0.25, 0.3) is 0 Å². The van der Waals surface area contributed by atoms with Crippen LogP contribution in [0.2, 0.25) is 0 Å². The van der Waals surface area contributed by atoms with Gasteiger partial charge in [0.2, 0.25) is 0 Å². The maximum atomic E-state index is 9.55. The summed E-state index contributed by atoms with van der Waals surface area (Å²) in [5.74, 6) is 1.42. The fraction of sp³-hybridized carbons (Fsp3) is 1.00. The van der Waals surface area contributed by atoms with E-state index in [1.165, 1.54) is 0 Å². The van der Waals surface area contributed by atoms with E-state index in [0.29, 0.717) is 11.8 Å². The number of piperidine rings is 1. The molecule has 2 nitrogen and oxygen atoms in total. The van der Waals surface area contributed by atoms with E-state index < -0.39 is 0 Å². The van der Waals surface area contributed by atoms with E-state index in [1.807, 2.05) is 0 Å². The van der Waals surface area contributed by atoms with Gasteiger partial charge in [0.05, 0.1) is 6.10 Å². The van der Waals surface area contributed by atoms with Crippen LogP contribution in [0.15, 0.2) is 0 Å². The van der Waals surface area contributed by atoms with Gasteiger partial charge in [0, 0.05) is 18.4 Å². The van der Waals surface area contributed by atoms with Gasteiger partial charge in [-0.1, -0.05) is 29.8 Å². The lowest BCUT2D eigenvalue weighted by atomic mass is 9.96. The molecule has 3 heteroatoms. The van der Waals surface area contributed by atoms with Crippen molar-refractivity contribution in [2.24, 2.45) is 11.8 Å². The third kappa shape index (κ3) is 3.87. The van der Waals surface area contributed by atoms with Crippen LogP contribution < -0.4 is 0 Å². The second-order valence-corrected chi connectivity index (χ2v) is 5.36. The summed E-state index contributed by atoms with van der Waals surface area (Å²) in [5, 5.41) is 10.6. The second kappa shape index (κ2) is 6.09. The molecule has 1 aliphatic rings. The van der Waals surface area contributed by atoms with Crippen LogP contribution in [0, 0.1) is 11.8 Å². The highest BCUT2D eigenvalue weighted by Gasteiger charge is 2.21. The molecule has 1 N–H and O–H groups in total. The average molecular weight is 264 g/mol. The molecule has 0 aromatic carbocycles. The van der Waals surface area contributed by atoms with Gasteiger partial charge >= 0.3 is 0 Å². The normalized spacial score (nSPS) is 26.8. The molecule has 0 aromatic rings. The van der Waals surface area contributed by atoms with Crippen molar-refractivity contribution in [3.05, 3.63) is 0 Å². The number of aliphatic hydroxyl groups excluding tert-OH is 1. The van der Waals surface area contributed by atoms with Gasteiger partial charge in [-0.15, -0.1) is 0 Å². The van der Waals surface area contributed by atoms with Gasteiger partial charge in [0.15, 0.2) is 0 Å². The summed E-state index contributed by atoms with van der Waals surface area (Å²) in [6.45, 7) is 7.70. The predicted octanol–water partition coefficient (Wildman–Crippen LogP) is 2.11. The van der Waals surface area contributed by atoms with E-state index in [1.54, 1.807) is 0 Å². The molecule has 0 spiro atoms. The van der Waals surface area contributed by atoms with Crippen molar-refractivity contribution in [3.8, 4) is 0 Å². The average Bonchev–Trinajstić information content (AvgIpc) is 2.14. The maximum Gasteiger partial charge on any atom is 0.0667 e. The Morgan fingerprint density at radius 2 is 2.21 bits per heavy atom. The molecule has 1 aliphatic heterocycles. The van der Waals surface area contributed by atoms with Gasteiger partial charge in [-0.25, -0.2) is 0 Å². The molecule has 1 fully saturated rings. The molecule has 0 amide bonds. The van der Waals surface area contributed by atoms with Gasteiger partial charge in [-0.2, -0.15) is 0 Å². The molecule has 0 aliphatic carbocycles. The van der Waals surface area contributed by atoms with Crippen molar-refractivity contribution in [1.82, 2.24) is 4.90 Å². The number of hydrogen-bond donors (Lipinski definition) is 1. The van der Waals surface area contributed by atoms with Crippen LogP contribution in [0.3, 0.4) is 0 Å². The smallest absolute Gasteiger partial charge is 0.0667 e. The van der Waals surface area contributed by atoms with Gasteiger partial charge < -0.3 is 10.0 Å². The molecular weight excluding hydrogens is 242 g/mol. The topological polar surface area (TPSA) is 23.5 Å². The number of aliphatic hydroxyl groups is 1. The lowest BCUT2D eigenvalue weighted by molar-refractivity contribution is 0.0600. The summed E-state index contributed by atoms with van der Waals surface area (Å²) in [6, 6.07) is 0. The van der Waals surface area contributed by atoms with Crippen molar-refractivity contribution in [1.29, 1.82) is 0 Å². The fourth-order valence-electron chi connectivity index (χ4n) is 1.97. The quantitative estimate of drug-likeness (QED) is 0.786. The summed E-state index contributed by atoms with van der Waals surface area (Å²) >= 11 is 3.57. The van der Waals surface area contributed by atoms with E-state index in [9.17, 15) is 5.11 Å². The number of nitrogens with zero attached hydrogens (tertiary/aromatic N) is 1. The van der Waals surface area contributed by atoms with Gasteiger partial charge in [0.1, 0.15) is 0 Å². The Morgan fingerprint density at radius 1 is 1.50 bits per heavy atom. The van der Waals surface area contributed by atoms with Crippen LogP contribution in [-0.2, 0) is 0 Å². The van der Waals surface area contributed by atoms with Gasteiger partial charge in [-0.3, -0.25) is 0 Å². The van der Waals surface area contributed by atoms with E-state index >= 15 is 0 Å². The molecular formula is C11H22BrNO. The van der Waals surface area contributed by atoms with Crippen molar-refractivity contribution in [2.75, 3.05) is 25.0 Å². The lowest BCUT2D eigenvalue weighted by Crippen LogP contribution is -2.42. The number of β-amino-alcohol motifs (C(OH)–C–C–N with tert-alkyl or cyclic N) is 1. The van der Waals surface area contributed by atoms with E-state index in [4.69, 9.17) is 0 Å². The van der Waals surface area contributed by atoms with Crippen LogP contribution >= 0.6 is 15.9 Å². The van der Waals surface area contributed by atoms with Crippen molar-refractivity contribution >= 4 is 15.9 Å². The van der Waals surface area contributed by atoms with Crippen LogP contribution in [-0.4, -0.2) is 41.1 Å². The first-order valence-electron chi connectivity index (χ1n) is 5.60. The molecule has 1 heterocycles. The number of halogens is 1. The van der Waals surface area contributed by atoms with Crippen molar-refractivity contribution in [3.63, 3.8) is 0 Å². The van der Waals surface area contributed by atoms with Crippen LogP contribution in [0.4, 0.5) is 0 Å². The first-order valence-corrected chi connectivity index (χ1v) is 6.72. The predicted molar refractivity (Wildman–Crippen MR) is 63.8 cm³/mol.